The second-order valence-corrected chi connectivity index (χ2v) is 9.33. The van der Waals surface area contributed by atoms with E-state index in [1.54, 1.807) is 24.8 Å². The maximum absolute atomic E-state index is 12.9. The summed E-state index contributed by atoms with van der Waals surface area (Å²) < 4.78 is 25.5. The minimum absolute atomic E-state index is 0.171. The molecular formula is C17H19ClN4O4S2. The van der Waals surface area contributed by atoms with E-state index in [-0.39, 0.29) is 40.4 Å². The number of thiocarbonyl (C=S) groups is 1. The van der Waals surface area contributed by atoms with Gasteiger partial charge in [-0.2, -0.15) is 0 Å². The quantitative estimate of drug-likeness (QED) is 0.537. The van der Waals surface area contributed by atoms with Gasteiger partial charge in [0, 0.05) is 18.5 Å². The summed E-state index contributed by atoms with van der Waals surface area (Å²) in [6, 6.07) is 4.60. The maximum Gasteiger partial charge on any atom is 0.258 e. The van der Waals surface area contributed by atoms with Crippen molar-refractivity contribution in [3.8, 4) is 0 Å². The van der Waals surface area contributed by atoms with Crippen LogP contribution in [0.5, 0.6) is 0 Å². The largest absolute Gasteiger partial charge is 0.334 e. The minimum atomic E-state index is -3.73. The van der Waals surface area contributed by atoms with Gasteiger partial charge in [-0.05, 0) is 44.6 Å². The summed E-state index contributed by atoms with van der Waals surface area (Å²) in [6.45, 7) is 11.8. The highest BCUT2D eigenvalue weighted by Crippen LogP contribution is 2.36. The van der Waals surface area contributed by atoms with Crippen LogP contribution in [0, 0.1) is 6.57 Å². The average molecular weight is 443 g/mol. The molecule has 0 aliphatic carbocycles. The average Bonchev–Trinajstić information content (AvgIpc) is 2.73. The molecule has 8 nitrogen and oxygen atoms in total. The number of nitrogens with zero attached hydrogens (tertiary/aromatic N) is 3. The highest BCUT2D eigenvalue weighted by atomic mass is 35.5. The number of amides is 2. The van der Waals surface area contributed by atoms with Crippen LogP contribution in [0.3, 0.4) is 0 Å². The number of nitrogens with one attached hydrogen (secondary N) is 1. The normalized spacial score (nSPS) is 16.2. The predicted octanol–water partition coefficient (Wildman–Crippen LogP) is 2.46. The van der Waals surface area contributed by atoms with E-state index in [1.165, 1.54) is 17.0 Å². The van der Waals surface area contributed by atoms with Crippen molar-refractivity contribution >= 4 is 62.1 Å². The SMILES string of the molecule is [C-]#[N+]c1ccc(N2C(=O)C(C)(C)N(CCCS(=O)(=O)NC(C)=O)C2=S)cc1Cl. The van der Waals surface area contributed by atoms with Crippen LogP contribution in [0.1, 0.15) is 27.2 Å². The zero-order valence-electron chi connectivity index (χ0n) is 15.5. The monoisotopic (exact) mass is 442 g/mol. The first-order valence-electron chi connectivity index (χ1n) is 8.25. The number of anilines is 1. The van der Waals surface area contributed by atoms with Crippen molar-refractivity contribution < 1.29 is 18.0 Å². The lowest BCUT2D eigenvalue weighted by molar-refractivity contribution is -0.123. The molecule has 0 aromatic heterocycles. The maximum atomic E-state index is 12.9. The molecule has 1 aliphatic rings. The van der Waals surface area contributed by atoms with Crippen molar-refractivity contribution in [2.24, 2.45) is 0 Å². The van der Waals surface area contributed by atoms with Crippen molar-refractivity contribution in [1.82, 2.24) is 9.62 Å². The molecule has 0 spiro atoms. The van der Waals surface area contributed by atoms with Crippen LogP contribution in [-0.2, 0) is 19.6 Å². The lowest BCUT2D eigenvalue weighted by atomic mass is 10.0. The van der Waals surface area contributed by atoms with Crippen LogP contribution in [0.15, 0.2) is 18.2 Å². The molecule has 28 heavy (non-hydrogen) atoms. The molecule has 1 fully saturated rings. The van der Waals surface area contributed by atoms with Crippen molar-refractivity contribution in [2.75, 3.05) is 17.2 Å². The third-order valence-electron chi connectivity index (χ3n) is 4.23. The number of hydrogen-bond acceptors (Lipinski definition) is 5. The minimum Gasteiger partial charge on any atom is -0.334 e. The van der Waals surface area contributed by atoms with Crippen LogP contribution < -0.4 is 9.62 Å². The molecule has 11 heteroatoms. The van der Waals surface area contributed by atoms with Crippen LogP contribution in [-0.4, -0.2) is 48.1 Å². The Kier molecular flexibility index (Phi) is 6.33. The van der Waals surface area contributed by atoms with Gasteiger partial charge in [0.1, 0.15) is 5.54 Å². The van der Waals surface area contributed by atoms with E-state index >= 15 is 0 Å². The van der Waals surface area contributed by atoms with Crippen LogP contribution >= 0.6 is 23.8 Å². The Morgan fingerprint density at radius 1 is 1.39 bits per heavy atom. The first kappa shape index (κ1) is 22.1. The molecule has 2 rings (SSSR count). The molecule has 0 bridgehead atoms. The Balaban J connectivity index is 2.21. The second kappa shape index (κ2) is 8.03. The third-order valence-corrected chi connectivity index (χ3v) is 6.36. The molecule has 0 saturated carbocycles. The Hall–Kier alpha value is -2.22. The van der Waals surface area contributed by atoms with Gasteiger partial charge in [0.15, 0.2) is 5.11 Å². The van der Waals surface area contributed by atoms with Gasteiger partial charge in [0.2, 0.25) is 21.6 Å². The molecule has 2 amide bonds. The first-order valence-corrected chi connectivity index (χ1v) is 10.7. The predicted molar refractivity (Wildman–Crippen MR) is 111 cm³/mol. The van der Waals surface area contributed by atoms with Gasteiger partial charge in [-0.25, -0.2) is 13.3 Å². The molecule has 0 unspecified atom stereocenters. The Labute approximate surface area is 174 Å². The Morgan fingerprint density at radius 3 is 2.57 bits per heavy atom. The molecule has 1 N–H and O–H groups in total. The van der Waals surface area contributed by atoms with Gasteiger partial charge in [0.05, 0.1) is 18.0 Å². The smallest absolute Gasteiger partial charge is 0.258 e. The highest BCUT2D eigenvalue weighted by Gasteiger charge is 2.49. The standard InChI is InChI=1S/C17H19ClN4O4S2/c1-11(23)20-28(25,26)9-5-8-21-16(27)22(15(24)17(21,2)3)12-6-7-14(19-4)13(18)10-12/h6-7,10H,5,8-9H2,1-3H3,(H,20,23). The van der Waals surface area contributed by atoms with E-state index < -0.39 is 21.5 Å². The number of hydrogen-bond donors (Lipinski definition) is 1. The topological polar surface area (TPSA) is 91.2 Å². The van der Waals surface area contributed by atoms with E-state index in [0.717, 1.165) is 6.92 Å². The number of rotatable bonds is 6. The Bertz CT molecular complexity index is 985. The van der Waals surface area contributed by atoms with Crippen molar-refractivity contribution in [2.45, 2.75) is 32.7 Å². The molecule has 0 atom stereocenters. The number of halogens is 1. The summed E-state index contributed by atoms with van der Waals surface area (Å²) in [6.07, 6.45) is 0.171. The molecular weight excluding hydrogens is 424 g/mol. The van der Waals surface area contributed by atoms with Gasteiger partial charge < -0.3 is 4.90 Å². The molecule has 0 radical (unpaired) electrons. The fraction of sp³-hybridized carbons (Fsp3) is 0.412. The van der Waals surface area contributed by atoms with E-state index in [9.17, 15) is 18.0 Å². The van der Waals surface area contributed by atoms with E-state index in [1.807, 2.05) is 4.72 Å². The summed E-state index contributed by atoms with van der Waals surface area (Å²) in [7, 11) is -3.73. The lowest BCUT2D eigenvalue weighted by Gasteiger charge is -2.29. The lowest BCUT2D eigenvalue weighted by Crippen LogP contribution is -2.45. The summed E-state index contributed by atoms with van der Waals surface area (Å²) in [5, 5.41) is 0.430. The number of carbonyl (C=O) groups is 2. The zero-order chi connectivity index (χ0) is 21.3. The summed E-state index contributed by atoms with van der Waals surface area (Å²) >= 11 is 11.5. The summed E-state index contributed by atoms with van der Waals surface area (Å²) in [5.74, 6) is -1.21. The van der Waals surface area contributed by atoms with Gasteiger partial charge in [-0.15, -0.1) is 0 Å². The van der Waals surface area contributed by atoms with E-state index in [4.69, 9.17) is 30.4 Å². The van der Waals surface area contributed by atoms with Crippen molar-refractivity contribution in [1.29, 1.82) is 0 Å². The number of benzene rings is 1. The Morgan fingerprint density at radius 2 is 2.04 bits per heavy atom. The van der Waals surface area contributed by atoms with Gasteiger partial charge in [0.25, 0.3) is 5.91 Å². The zero-order valence-corrected chi connectivity index (χ0v) is 17.9. The van der Waals surface area contributed by atoms with Crippen molar-refractivity contribution in [3.63, 3.8) is 0 Å². The highest BCUT2D eigenvalue weighted by molar-refractivity contribution is 7.90. The second-order valence-electron chi connectivity index (χ2n) is 6.71. The van der Waals surface area contributed by atoms with E-state index in [0.29, 0.717) is 5.69 Å². The molecule has 1 aliphatic heterocycles. The fourth-order valence-corrected chi connectivity index (χ4v) is 4.62. The molecule has 1 aromatic carbocycles. The molecule has 1 aromatic rings. The molecule has 150 valence electrons. The van der Waals surface area contributed by atoms with Crippen LogP contribution in [0.25, 0.3) is 4.85 Å². The summed E-state index contributed by atoms with van der Waals surface area (Å²) in [4.78, 5) is 30.1. The van der Waals surface area contributed by atoms with Crippen LogP contribution in [0.4, 0.5) is 11.4 Å². The fourth-order valence-electron chi connectivity index (χ4n) is 2.85. The molecule has 1 heterocycles. The van der Waals surface area contributed by atoms with Crippen LogP contribution in [0.2, 0.25) is 5.02 Å². The number of sulfonamides is 1. The summed E-state index contributed by atoms with van der Waals surface area (Å²) in [5.41, 5.74) is -0.282. The third kappa shape index (κ3) is 4.43. The molecule has 1 saturated heterocycles. The van der Waals surface area contributed by atoms with Crippen molar-refractivity contribution in [3.05, 3.63) is 34.6 Å². The van der Waals surface area contributed by atoms with Gasteiger partial charge >= 0.3 is 0 Å². The van der Waals surface area contributed by atoms with E-state index in [2.05, 4.69) is 4.85 Å². The van der Waals surface area contributed by atoms with Gasteiger partial charge in [-0.3, -0.25) is 19.2 Å². The van der Waals surface area contributed by atoms with Gasteiger partial charge in [-0.1, -0.05) is 17.7 Å². The number of carbonyl (C=O) groups excluding carboxylic acids is 2. The first-order chi connectivity index (χ1) is 12.9.